The van der Waals surface area contributed by atoms with Crippen molar-refractivity contribution in [2.24, 2.45) is 0 Å². The van der Waals surface area contributed by atoms with Crippen LogP contribution in [0.2, 0.25) is 0 Å². The first-order valence-corrected chi connectivity index (χ1v) is 10.5. The van der Waals surface area contributed by atoms with Crippen LogP contribution in [-0.4, -0.2) is 56.9 Å². The molecule has 2 aromatic carbocycles. The fourth-order valence-corrected chi connectivity index (χ4v) is 3.33. The maximum absolute atomic E-state index is 12.1. The van der Waals surface area contributed by atoms with E-state index in [0.717, 1.165) is 11.2 Å². The molecule has 0 aromatic heterocycles. The van der Waals surface area contributed by atoms with Gasteiger partial charge in [0.25, 0.3) is 17.7 Å². The van der Waals surface area contributed by atoms with Gasteiger partial charge in [-0.05, 0) is 36.4 Å². The zero-order valence-corrected chi connectivity index (χ0v) is 16.8. The van der Waals surface area contributed by atoms with Crippen molar-refractivity contribution in [3.63, 3.8) is 0 Å². The Balaban J connectivity index is 1.60. The van der Waals surface area contributed by atoms with Gasteiger partial charge in [-0.15, -0.1) is 0 Å². The van der Waals surface area contributed by atoms with Crippen molar-refractivity contribution in [3.8, 4) is 0 Å². The second kappa shape index (κ2) is 7.95. The highest BCUT2D eigenvalue weighted by atomic mass is 32.2. The summed E-state index contributed by atoms with van der Waals surface area (Å²) >= 11 is 0. The number of imide groups is 1. The van der Waals surface area contributed by atoms with Gasteiger partial charge in [0.05, 0.1) is 22.9 Å². The lowest BCUT2D eigenvalue weighted by atomic mass is 10.1. The molecule has 0 radical (unpaired) electrons. The Morgan fingerprint density at radius 3 is 2.40 bits per heavy atom. The average molecular weight is 431 g/mol. The minimum absolute atomic E-state index is 0.0566. The monoisotopic (exact) mass is 431 g/mol. The normalized spacial score (nSPS) is 13.1. The molecule has 1 heterocycles. The topological polar surface area (TPSA) is 139 Å². The van der Waals surface area contributed by atoms with Gasteiger partial charge in [0.1, 0.15) is 0 Å². The summed E-state index contributed by atoms with van der Waals surface area (Å²) in [6, 6.07) is 9.88. The molecule has 10 nitrogen and oxygen atoms in total. The number of nitrogens with zero attached hydrogens (tertiary/aromatic N) is 1. The van der Waals surface area contributed by atoms with E-state index in [1.165, 1.54) is 49.5 Å². The number of benzene rings is 2. The second-order valence-electron chi connectivity index (χ2n) is 6.51. The molecule has 0 fully saturated rings. The van der Waals surface area contributed by atoms with Crippen LogP contribution in [0.4, 0.5) is 11.4 Å². The van der Waals surface area contributed by atoms with Crippen LogP contribution in [0.3, 0.4) is 0 Å². The van der Waals surface area contributed by atoms with Gasteiger partial charge in [0.2, 0.25) is 10.0 Å². The van der Waals surface area contributed by atoms with E-state index in [2.05, 4.69) is 10.0 Å². The van der Waals surface area contributed by atoms with Crippen molar-refractivity contribution >= 4 is 45.1 Å². The molecule has 3 rings (SSSR count). The van der Waals surface area contributed by atoms with Crippen LogP contribution in [-0.2, 0) is 19.6 Å². The number of amides is 3. The largest absolute Gasteiger partial charge is 0.452 e. The van der Waals surface area contributed by atoms with Crippen LogP contribution in [0.5, 0.6) is 0 Å². The predicted octanol–water partition coefficient (Wildman–Crippen LogP) is 1.08. The summed E-state index contributed by atoms with van der Waals surface area (Å²) in [5.41, 5.74) is 0.924. The van der Waals surface area contributed by atoms with Gasteiger partial charge in [-0.3, -0.25) is 24.0 Å². The molecule has 1 aliphatic heterocycles. The minimum atomic E-state index is -3.51. The Bertz CT molecular complexity index is 1170. The van der Waals surface area contributed by atoms with Crippen molar-refractivity contribution in [1.29, 1.82) is 0 Å². The van der Waals surface area contributed by atoms with Crippen LogP contribution in [0, 0.1) is 0 Å². The molecular weight excluding hydrogens is 414 g/mol. The number of nitrogens with one attached hydrogen (secondary N) is 2. The number of fused-ring (bicyclic) bond motifs is 1. The Hall–Kier alpha value is -3.73. The molecule has 11 heteroatoms. The first-order valence-electron chi connectivity index (χ1n) is 8.56. The maximum Gasteiger partial charge on any atom is 0.338 e. The van der Waals surface area contributed by atoms with Crippen LogP contribution in [0.15, 0.2) is 42.5 Å². The third kappa shape index (κ3) is 4.63. The summed E-state index contributed by atoms with van der Waals surface area (Å²) < 4.78 is 29.7. The van der Waals surface area contributed by atoms with Gasteiger partial charge in [-0.2, -0.15) is 0 Å². The molecule has 0 bridgehead atoms. The number of rotatable bonds is 6. The summed E-state index contributed by atoms with van der Waals surface area (Å²) in [5.74, 6) is -2.37. The van der Waals surface area contributed by atoms with Crippen molar-refractivity contribution < 1.29 is 32.3 Å². The number of carbonyl (C=O) groups is 4. The molecule has 156 valence electrons. The van der Waals surface area contributed by atoms with E-state index in [0.29, 0.717) is 0 Å². The van der Waals surface area contributed by atoms with E-state index in [9.17, 15) is 27.6 Å². The van der Waals surface area contributed by atoms with Crippen LogP contribution in [0.25, 0.3) is 0 Å². The van der Waals surface area contributed by atoms with E-state index < -0.39 is 40.3 Å². The fourth-order valence-electron chi connectivity index (χ4n) is 2.77. The van der Waals surface area contributed by atoms with Crippen molar-refractivity contribution in [3.05, 3.63) is 59.2 Å². The highest BCUT2D eigenvalue weighted by Gasteiger charge is 2.32. The quantitative estimate of drug-likeness (QED) is 0.515. The van der Waals surface area contributed by atoms with E-state index in [1.807, 2.05) is 0 Å². The molecule has 0 saturated carbocycles. The first kappa shape index (κ1) is 21.0. The first-order chi connectivity index (χ1) is 14.0. The molecule has 2 N–H and O–H groups in total. The van der Waals surface area contributed by atoms with Gasteiger partial charge in [-0.1, -0.05) is 6.07 Å². The van der Waals surface area contributed by atoms with E-state index in [4.69, 9.17) is 4.74 Å². The van der Waals surface area contributed by atoms with E-state index in [1.54, 1.807) is 0 Å². The van der Waals surface area contributed by atoms with Crippen LogP contribution < -0.4 is 10.0 Å². The number of hydrogen-bond acceptors (Lipinski definition) is 7. The summed E-state index contributed by atoms with van der Waals surface area (Å²) in [7, 11) is -2.15. The third-order valence-electron chi connectivity index (χ3n) is 4.11. The summed E-state index contributed by atoms with van der Waals surface area (Å²) in [6.07, 6.45) is 0.975. The number of anilines is 2. The maximum atomic E-state index is 12.1. The van der Waals surface area contributed by atoms with Crippen molar-refractivity contribution in [2.45, 2.75) is 0 Å². The van der Waals surface area contributed by atoms with Gasteiger partial charge in [0.15, 0.2) is 6.61 Å². The molecule has 0 saturated heterocycles. The lowest BCUT2D eigenvalue weighted by Gasteiger charge is -2.09. The molecule has 0 spiro atoms. The van der Waals surface area contributed by atoms with E-state index >= 15 is 0 Å². The molecule has 0 aliphatic carbocycles. The van der Waals surface area contributed by atoms with Crippen LogP contribution >= 0.6 is 0 Å². The number of esters is 1. The standard InChI is InChI=1S/C19H17N3O7S/c1-22-17(24)14-7-6-12(9-15(14)18(22)25)20-16(23)10-29-19(26)11-4-3-5-13(8-11)21-30(2,27)28/h3-9,21H,10H2,1-2H3,(H,20,23). The zero-order valence-electron chi connectivity index (χ0n) is 16.0. The molecule has 30 heavy (non-hydrogen) atoms. The SMILES string of the molecule is CN1C(=O)c2ccc(NC(=O)COC(=O)c3cccc(NS(C)(=O)=O)c3)cc2C1=O. The van der Waals surface area contributed by atoms with Crippen molar-refractivity contribution in [2.75, 3.05) is 29.9 Å². The molecule has 3 amide bonds. The molecule has 1 aliphatic rings. The van der Waals surface area contributed by atoms with Gasteiger partial charge >= 0.3 is 5.97 Å². The summed E-state index contributed by atoms with van der Waals surface area (Å²) in [4.78, 5) is 49.1. The van der Waals surface area contributed by atoms with Gasteiger partial charge in [-0.25, -0.2) is 13.2 Å². The Labute approximate surface area is 171 Å². The lowest BCUT2D eigenvalue weighted by molar-refractivity contribution is -0.119. The Morgan fingerprint density at radius 1 is 1.00 bits per heavy atom. The van der Waals surface area contributed by atoms with E-state index in [-0.39, 0.29) is 28.1 Å². The highest BCUT2D eigenvalue weighted by Crippen LogP contribution is 2.24. The van der Waals surface area contributed by atoms with Gasteiger partial charge < -0.3 is 10.1 Å². The minimum Gasteiger partial charge on any atom is -0.452 e. The number of carbonyl (C=O) groups excluding carboxylic acids is 4. The molecule has 2 aromatic rings. The van der Waals surface area contributed by atoms with Gasteiger partial charge in [0, 0.05) is 18.4 Å². The molecule has 0 unspecified atom stereocenters. The summed E-state index contributed by atoms with van der Waals surface area (Å²) in [6.45, 7) is -0.605. The fraction of sp³-hybridized carbons (Fsp3) is 0.158. The predicted molar refractivity (Wildman–Crippen MR) is 107 cm³/mol. The Kier molecular flexibility index (Phi) is 5.56. The average Bonchev–Trinajstić information content (AvgIpc) is 2.89. The highest BCUT2D eigenvalue weighted by molar-refractivity contribution is 7.92. The third-order valence-corrected chi connectivity index (χ3v) is 4.72. The molecular formula is C19H17N3O7S. The Morgan fingerprint density at radius 2 is 1.70 bits per heavy atom. The number of hydrogen-bond donors (Lipinski definition) is 2. The lowest BCUT2D eigenvalue weighted by Crippen LogP contribution is -2.24. The second-order valence-corrected chi connectivity index (χ2v) is 8.26. The van der Waals surface area contributed by atoms with Crippen molar-refractivity contribution in [1.82, 2.24) is 4.90 Å². The number of ether oxygens (including phenoxy) is 1. The van der Waals surface area contributed by atoms with Crippen LogP contribution in [0.1, 0.15) is 31.1 Å². The zero-order chi connectivity index (χ0) is 22.1. The molecule has 0 atom stereocenters. The smallest absolute Gasteiger partial charge is 0.338 e. The number of sulfonamides is 1. The summed E-state index contributed by atoms with van der Waals surface area (Å²) in [5, 5.41) is 2.48.